The van der Waals surface area contributed by atoms with E-state index in [2.05, 4.69) is 4.99 Å². The predicted octanol–water partition coefficient (Wildman–Crippen LogP) is 0.996. The number of aromatic hydroxyl groups is 1. The van der Waals surface area contributed by atoms with E-state index in [4.69, 9.17) is 0 Å². The average molecular weight is 316 g/mol. The van der Waals surface area contributed by atoms with Crippen LogP contribution >= 0.6 is 0 Å². The van der Waals surface area contributed by atoms with Gasteiger partial charge in [-0.3, -0.25) is 18.9 Å². The standard InChI is InChI=1S/C16H20N4O3/c1-10(17-11-6-8-12(9-7-11)18(2)3)13-14(21)19(4)16(23)20(5)15(13)22/h6-9,21H,1-5H3. The van der Waals surface area contributed by atoms with Crippen LogP contribution in [0.25, 0.3) is 0 Å². The van der Waals surface area contributed by atoms with Gasteiger partial charge in [0.05, 0.1) is 11.4 Å². The predicted molar refractivity (Wildman–Crippen MR) is 91.2 cm³/mol. The van der Waals surface area contributed by atoms with Crippen LogP contribution < -0.4 is 16.1 Å². The molecule has 1 heterocycles. The summed E-state index contributed by atoms with van der Waals surface area (Å²) in [5, 5.41) is 10.1. The van der Waals surface area contributed by atoms with Crippen molar-refractivity contribution in [2.75, 3.05) is 19.0 Å². The molecule has 0 atom stereocenters. The Kier molecular flexibility index (Phi) is 4.40. The summed E-state index contributed by atoms with van der Waals surface area (Å²) in [7, 11) is 6.65. The average Bonchev–Trinajstić information content (AvgIpc) is 2.51. The van der Waals surface area contributed by atoms with Crippen LogP contribution in [0.5, 0.6) is 5.88 Å². The van der Waals surface area contributed by atoms with E-state index in [1.807, 2.05) is 43.3 Å². The van der Waals surface area contributed by atoms with E-state index in [9.17, 15) is 14.7 Å². The molecule has 122 valence electrons. The second-order valence-electron chi connectivity index (χ2n) is 5.51. The van der Waals surface area contributed by atoms with Gasteiger partial charge in [0.2, 0.25) is 5.88 Å². The molecule has 7 nitrogen and oxygen atoms in total. The minimum Gasteiger partial charge on any atom is -0.494 e. The fourth-order valence-corrected chi connectivity index (χ4v) is 2.22. The molecule has 0 aliphatic heterocycles. The molecule has 0 radical (unpaired) electrons. The Morgan fingerprint density at radius 3 is 2.17 bits per heavy atom. The first-order valence-corrected chi connectivity index (χ1v) is 7.06. The molecule has 0 unspecified atom stereocenters. The first-order valence-electron chi connectivity index (χ1n) is 7.06. The molecule has 23 heavy (non-hydrogen) atoms. The van der Waals surface area contributed by atoms with E-state index in [0.717, 1.165) is 14.8 Å². The Morgan fingerprint density at radius 2 is 1.65 bits per heavy atom. The summed E-state index contributed by atoms with van der Waals surface area (Å²) in [6, 6.07) is 7.46. The van der Waals surface area contributed by atoms with E-state index in [0.29, 0.717) is 11.4 Å². The van der Waals surface area contributed by atoms with Gasteiger partial charge in [-0.2, -0.15) is 0 Å². The second kappa shape index (κ2) is 6.12. The molecule has 1 N–H and O–H groups in total. The highest BCUT2D eigenvalue weighted by molar-refractivity contribution is 6.01. The lowest BCUT2D eigenvalue weighted by Crippen LogP contribution is -2.39. The smallest absolute Gasteiger partial charge is 0.333 e. The number of aliphatic imine (C=N–C) groups is 1. The van der Waals surface area contributed by atoms with Gasteiger partial charge in [0.25, 0.3) is 5.56 Å². The number of aromatic nitrogens is 2. The third kappa shape index (κ3) is 3.03. The van der Waals surface area contributed by atoms with Crippen LogP contribution in [0.15, 0.2) is 38.8 Å². The third-order valence-electron chi connectivity index (χ3n) is 3.66. The van der Waals surface area contributed by atoms with Crippen molar-refractivity contribution < 1.29 is 5.11 Å². The van der Waals surface area contributed by atoms with Crippen LogP contribution in [0.2, 0.25) is 0 Å². The summed E-state index contributed by atoms with van der Waals surface area (Å²) in [5.74, 6) is -0.385. The first-order chi connectivity index (χ1) is 10.7. The van der Waals surface area contributed by atoms with Crippen molar-refractivity contribution in [3.05, 3.63) is 50.7 Å². The van der Waals surface area contributed by atoms with Crippen molar-refractivity contribution in [2.24, 2.45) is 19.1 Å². The molecular weight excluding hydrogens is 296 g/mol. The van der Waals surface area contributed by atoms with Crippen molar-refractivity contribution in [3.8, 4) is 5.88 Å². The topological polar surface area (TPSA) is 79.8 Å². The molecule has 1 aromatic carbocycles. The summed E-state index contributed by atoms with van der Waals surface area (Å²) < 4.78 is 1.97. The maximum absolute atomic E-state index is 12.2. The van der Waals surface area contributed by atoms with Gasteiger partial charge in [-0.15, -0.1) is 0 Å². The van der Waals surface area contributed by atoms with Crippen molar-refractivity contribution >= 4 is 17.1 Å². The van der Waals surface area contributed by atoms with Crippen LogP contribution in [0.3, 0.4) is 0 Å². The Balaban J connectivity index is 2.54. The van der Waals surface area contributed by atoms with E-state index in [1.54, 1.807) is 6.92 Å². The minimum atomic E-state index is -0.584. The number of nitrogens with zero attached hydrogens (tertiary/aromatic N) is 4. The molecule has 0 spiro atoms. The molecule has 0 aliphatic carbocycles. The van der Waals surface area contributed by atoms with Crippen LogP contribution in [-0.4, -0.2) is 34.0 Å². The van der Waals surface area contributed by atoms with Gasteiger partial charge in [-0.05, 0) is 31.2 Å². The Bertz CT molecular complexity index is 874. The molecule has 0 fully saturated rings. The van der Waals surface area contributed by atoms with Gasteiger partial charge in [0.1, 0.15) is 5.56 Å². The maximum Gasteiger partial charge on any atom is 0.333 e. The van der Waals surface area contributed by atoms with Crippen LogP contribution in [0, 0.1) is 0 Å². The van der Waals surface area contributed by atoms with E-state index in [1.165, 1.54) is 14.1 Å². The molecule has 0 amide bonds. The lowest BCUT2D eigenvalue weighted by molar-refractivity contribution is 0.410. The summed E-state index contributed by atoms with van der Waals surface area (Å²) in [6.45, 7) is 1.63. The highest BCUT2D eigenvalue weighted by Crippen LogP contribution is 2.20. The van der Waals surface area contributed by atoms with Gasteiger partial charge in [0, 0.05) is 33.9 Å². The van der Waals surface area contributed by atoms with Crippen molar-refractivity contribution in [3.63, 3.8) is 0 Å². The molecule has 2 rings (SSSR count). The zero-order chi connectivity index (χ0) is 17.3. The number of hydrogen-bond donors (Lipinski definition) is 1. The minimum absolute atomic E-state index is 0.0197. The lowest BCUT2D eigenvalue weighted by Gasteiger charge is -2.12. The van der Waals surface area contributed by atoms with Crippen LogP contribution in [-0.2, 0) is 14.1 Å². The molecule has 0 saturated carbocycles. The number of benzene rings is 1. The normalized spacial score (nSPS) is 11.6. The van der Waals surface area contributed by atoms with Gasteiger partial charge in [0.15, 0.2) is 0 Å². The Morgan fingerprint density at radius 1 is 1.09 bits per heavy atom. The number of rotatable bonds is 3. The zero-order valence-electron chi connectivity index (χ0n) is 13.9. The molecule has 0 aliphatic rings. The molecule has 1 aromatic heterocycles. The molecular formula is C16H20N4O3. The highest BCUT2D eigenvalue weighted by Gasteiger charge is 2.17. The Hall–Kier alpha value is -2.83. The summed E-state index contributed by atoms with van der Waals surface area (Å²) in [4.78, 5) is 30.3. The van der Waals surface area contributed by atoms with E-state index in [-0.39, 0.29) is 11.4 Å². The van der Waals surface area contributed by atoms with E-state index >= 15 is 0 Å². The number of anilines is 1. The van der Waals surface area contributed by atoms with Gasteiger partial charge in [-0.1, -0.05) is 0 Å². The second-order valence-corrected chi connectivity index (χ2v) is 5.51. The quantitative estimate of drug-likeness (QED) is 0.857. The summed E-state index contributed by atoms with van der Waals surface area (Å²) in [6.07, 6.45) is 0. The van der Waals surface area contributed by atoms with Crippen molar-refractivity contribution in [1.82, 2.24) is 9.13 Å². The number of hydrogen-bond acceptors (Lipinski definition) is 5. The highest BCUT2D eigenvalue weighted by atomic mass is 16.3. The Labute approximate surface area is 133 Å². The summed E-state index contributed by atoms with van der Waals surface area (Å²) >= 11 is 0. The SMILES string of the molecule is CC(=Nc1ccc(N(C)C)cc1)c1c(O)n(C)c(=O)n(C)c1=O. The fourth-order valence-electron chi connectivity index (χ4n) is 2.22. The van der Waals surface area contributed by atoms with Gasteiger partial charge < -0.3 is 10.0 Å². The third-order valence-corrected chi connectivity index (χ3v) is 3.66. The van der Waals surface area contributed by atoms with Gasteiger partial charge >= 0.3 is 5.69 Å². The largest absolute Gasteiger partial charge is 0.494 e. The zero-order valence-corrected chi connectivity index (χ0v) is 13.9. The molecule has 0 bridgehead atoms. The lowest BCUT2D eigenvalue weighted by atomic mass is 10.2. The van der Waals surface area contributed by atoms with Crippen LogP contribution in [0.4, 0.5) is 11.4 Å². The van der Waals surface area contributed by atoms with Crippen molar-refractivity contribution in [1.29, 1.82) is 0 Å². The molecule has 0 saturated heterocycles. The molecule has 7 heteroatoms. The monoisotopic (exact) mass is 316 g/mol. The first kappa shape index (κ1) is 16.5. The fraction of sp³-hybridized carbons (Fsp3) is 0.312. The van der Waals surface area contributed by atoms with Crippen molar-refractivity contribution in [2.45, 2.75) is 6.92 Å². The van der Waals surface area contributed by atoms with E-state index < -0.39 is 11.2 Å². The molecule has 2 aromatic rings. The maximum atomic E-state index is 12.2. The van der Waals surface area contributed by atoms with Crippen LogP contribution in [0.1, 0.15) is 12.5 Å². The summed E-state index contributed by atoms with van der Waals surface area (Å²) in [5.41, 5.74) is 0.893. The van der Waals surface area contributed by atoms with Gasteiger partial charge in [-0.25, -0.2) is 4.79 Å².